The van der Waals surface area contributed by atoms with Crippen LogP contribution >= 0.6 is 0 Å². The number of nitrogens with zero attached hydrogens (tertiary/aromatic N) is 3. The summed E-state index contributed by atoms with van der Waals surface area (Å²) in [7, 11) is 0. The second-order valence-corrected chi connectivity index (χ2v) is 4.52. The van der Waals surface area contributed by atoms with E-state index in [-0.39, 0.29) is 5.92 Å². The average molecular weight is 261 g/mol. The second kappa shape index (κ2) is 5.17. The van der Waals surface area contributed by atoms with Crippen LogP contribution in [0, 0.1) is 5.92 Å². The fourth-order valence-electron chi connectivity index (χ4n) is 2.00. The highest BCUT2D eigenvalue weighted by atomic mass is 16.4. The van der Waals surface area contributed by atoms with Crippen molar-refractivity contribution < 1.29 is 9.90 Å². The predicted octanol–water partition coefficient (Wildman–Crippen LogP) is 1.46. The molecule has 6 nitrogen and oxygen atoms in total. The van der Waals surface area contributed by atoms with Crippen LogP contribution in [0.15, 0.2) is 29.1 Å². The van der Waals surface area contributed by atoms with E-state index in [1.165, 1.54) is 0 Å². The number of hydrogen-bond donors (Lipinski definition) is 1. The van der Waals surface area contributed by atoms with Gasteiger partial charge in [-0.05, 0) is 18.1 Å². The number of carboxylic acids is 1. The number of hydrogen-bond acceptors (Lipinski definition) is 4. The molecular weight excluding hydrogens is 246 g/mol. The monoisotopic (exact) mass is 261 g/mol. The number of carbonyl (C=O) groups is 1. The zero-order valence-electron chi connectivity index (χ0n) is 10.8. The lowest BCUT2D eigenvalue weighted by Gasteiger charge is -2.19. The van der Waals surface area contributed by atoms with E-state index in [2.05, 4.69) is 10.3 Å². The molecule has 1 heterocycles. The third-order valence-corrected chi connectivity index (χ3v) is 3.29. The van der Waals surface area contributed by atoms with Crippen molar-refractivity contribution in [1.82, 2.24) is 15.0 Å². The van der Waals surface area contributed by atoms with Crippen molar-refractivity contribution in [2.24, 2.45) is 5.92 Å². The lowest BCUT2D eigenvalue weighted by atomic mass is 9.99. The molecule has 100 valence electrons. The van der Waals surface area contributed by atoms with Crippen molar-refractivity contribution in [2.75, 3.05) is 0 Å². The summed E-state index contributed by atoms with van der Waals surface area (Å²) in [4.78, 5) is 23.7. The molecule has 2 aromatic rings. The van der Waals surface area contributed by atoms with E-state index in [0.29, 0.717) is 17.3 Å². The molecule has 0 fully saturated rings. The molecule has 0 saturated heterocycles. The maximum Gasteiger partial charge on any atom is 0.328 e. The molecule has 0 aliphatic carbocycles. The Kier molecular flexibility index (Phi) is 3.59. The molecule has 1 N–H and O–H groups in total. The maximum atomic E-state index is 12.3. The number of fused-ring (bicyclic) bond motifs is 1. The minimum Gasteiger partial charge on any atom is -0.480 e. The van der Waals surface area contributed by atoms with Gasteiger partial charge >= 0.3 is 5.97 Å². The lowest BCUT2D eigenvalue weighted by molar-refractivity contribution is -0.143. The van der Waals surface area contributed by atoms with Crippen LogP contribution in [0.1, 0.15) is 26.3 Å². The number of carboxylic acid groups (broad SMARTS) is 1. The van der Waals surface area contributed by atoms with Crippen LogP contribution < -0.4 is 5.56 Å². The number of aromatic nitrogens is 3. The summed E-state index contributed by atoms with van der Waals surface area (Å²) < 4.78 is 0.971. The van der Waals surface area contributed by atoms with Gasteiger partial charge in [0.2, 0.25) is 0 Å². The van der Waals surface area contributed by atoms with E-state index in [9.17, 15) is 14.7 Å². The van der Waals surface area contributed by atoms with Gasteiger partial charge in [0.05, 0.1) is 5.39 Å². The van der Waals surface area contributed by atoms with Crippen LogP contribution in [0.4, 0.5) is 0 Å². The summed E-state index contributed by atoms with van der Waals surface area (Å²) in [6.45, 7) is 3.65. The van der Waals surface area contributed by atoms with Crippen LogP contribution in [0.25, 0.3) is 10.9 Å². The Balaban J connectivity index is 2.64. The number of benzene rings is 1. The third kappa shape index (κ3) is 2.33. The molecule has 0 spiro atoms. The molecule has 0 saturated carbocycles. The van der Waals surface area contributed by atoms with Gasteiger partial charge in [-0.2, -0.15) is 4.68 Å². The molecule has 2 atom stereocenters. The second-order valence-electron chi connectivity index (χ2n) is 4.52. The maximum absolute atomic E-state index is 12.3. The van der Waals surface area contributed by atoms with Gasteiger partial charge in [0.1, 0.15) is 5.52 Å². The summed E-state index contributed by atoms with van der Waals surface area (Å²) in [6, 6.07) is 5.78. The molecule has 0 amide bonds. The zero-order chi connectivity index (χ0) is 14.0. The zero-order valence-corrected chi connectivity index (χ0v) is 10.8. The van der Waals surface area contributed by atoms with Gasteiger partial charge in [-0.1, -0.05) is 37.6 Å². The normalized spacial score (nSPS) is 14.2. The lowest BCUT2D eigenvalue weighted by Crippen LogP contribution is -2.36. The van der Waals surface area contributed by atoms with Gasteiger partial charge < -0.3 is 5.11 Å². The molecule has 1 aromatic carbocycles. The first-order valence-electron chi connectivity index (χ1n) is 6.13. The molecule has 0 bridgehead atoms. The smallest absolute Gasteiger partial charge is 0.328 e. The van der Waals surface area contributed by atoms with Gasteiger partial charge in [-0.25, -0.2) is 4.79 Å². The Hall–Kier alpha value is -2.24. The van der Waals surface area contributed by atoms with E-state index < -0.39 is 17.6 Å². The van der Waals surface area contributed by atoms with Crippen LogP contribution in [-0.2, 0) is 4.79 Å². The highest BCUT2D eigenvalue weighted by Gasteiger charge is 2.28. The standard InChI is InChI=1S/C13H15N3O3/c1-3-8(2)11(13(18)19)16-12(17)9-6-4-5-7-10(9)14-15-16/h4-8,11H,3H2,1-2H3,(H,18,19)/t8-,11-/m1/s1. The van der Waals surface area contributed by atoms with Gasteiger partial charge in [0.25, 0.3) is 5.56 Å². The molecule has 0 unspecified atom stereocenters. The highest BCUT2D eigenvalue weighted by molar-refractivity contribution is 5.77. The molecule has 19 heavy (non-hydrogen) atoms. The molecule has 0 aliphatic heterocycles. The van der Waals surface area contributed by atoms with Gasteiger partial charge in [0, 0.05) is 0 Å². The van der Waals surface area contributed by atoms with E-state index in [0.717, 1.165) is 4.68 Å². The SMILES string of the molecule is CC[C@@H](C)[C@H](C(=O)O)n1nnc2ccccc2c1=O. The van der Waals surface area contributed by atoms with Gasteiger partial charge in [-0.15, -0.1) is 5.10 Å². The fraction of sp³-hybridized carbons (Fsp3) is 0.385. The van der Waals surface area contributed by atoms with Crippen molar-refractivity contribution in [3.8, 4) is 0 Å². The highest BCUT2D eigenvalue weighted by Crippen LogP contribution is 2.19. The van der Waals surface area contributed by atoms with Gasteiger partial charge in [-0.3, -0.25) is 4.79 Å². The van der Waals surface area contributed by atoms with Crippen molar-refractivity contribution in [2.45, 2.75) is 26.3 Å². The first-order chi connectivity index (χ1) is 9.06. The average Bonchev–Trinajstić information content (AvgIpc) is 2.41. The van der Waals surface area contributed by atoms with Crippen molar-refractivity contribution >= 4 is 16.9 Å². The molecule has 0 radical (unpaired) electrons. The van der Waals surface area contributed by atoms with Crippen LogP contribution in [0.5, 0.6) is 0 Å². The fourth-order valence-corrected chi connectivity index (χ4v) is 2.00. The summed E-state index contributed by atoms with van der Waals surface area (Å²) >= 11 is 0. The van der Waals surface area contributed by atoms with E-state index in [1.807, 2.05) is 6.92 Å². The minimum absolute atomic E-state index is 0.203. The van der Waals surface area contributed by atoms with Crippen LogP contribution in [-0.4, -0.2) is 26.1 Å². The topological polar surface area (TPSA) is 85.1 Å². The molecule has 0 aliphatic rings. The Labute approximate surface area is 109 Å². The number of rotatable bonds is 4. The summed E-state index contributed by atoms with van der Waals surface area (Å²) in [5, 5.41) is 17.4. The third-order valence-electron chi connectivity index (χ3n) is 3.29. The molecule has 6 heteroatoms. The van der Waals surface area contributed by atoms with E-state index in [1.54, 1.807) is 31.2 Å². The molecular formula is C13H15N3O3. The predicted molar refractivity (Wildman–Crippen MR) is 69.9 cm³/mol. The molecule has 2 rings (SSSR count). The van der Waals surface area contributed by atoms with Gasteiger partial charge in [0.15, 0.2) is 6.04 Å². The minimum atomic E-state index is -1.07. The van der Waals surface area contributed by atoms with Crippen LogP contribution in [0.2, 0.25) is 0 Å². The van der Waals surface area contributed by atoms with E-state index in [4.69, 9.17) is 0 Å². The Bertz CT molecular complexity index is 665. The quantitative estimate of drug-likeness (QED) is 0.900. The Morgan fingerprint density at radius 2 is 2.11 bits per heavy atom. The van der Waals surface area contributed by atoms with E-state index >= 15 is 0 Å². The Morgan fingerprint density at radius 3 is 2.74 bits per heavy atom. The van der Waals surface area contributed by atoms with Crippen molar-refractivity contribution in [3.05, 3.63) is 34.6 Å². The number of aliphatic carboxylic acids is 1. The summed E-state index contributed by atoms with van der Waals surface area (Å²) in [6.07, 6.45) is 0.637. The molecule has 1 aromatic heterocycles. The Morgan fingerprint density at radius 1 is 1.42 bits per heavy atom. The largest absolute Gasteiger partial charge is 0.480 e. The summed E-state index contributed by atoms with van der Waals surface area (Å²) in [5.41, 5.74) is 0.0512. The van der Waals surface area contributed by atoms with Crippen molar-refractivity contribution in [3.63, 3.8) is 0 Å². The first-order valence-corrected chi connectivity index (χ1v) is 6.13. The van der Waals surface area contributed by atoms with Crippen molar-refractivity contribution in [1.29, 1.82) is 0 Å². The first kappa shape index (κ1) is 13.2. The summed E-state index contributed by atoms with van der Waals surface area (Å²) in [5.74, 6) is -1.27. The van der Waals surface area contributed by atoms with Crippen LogP contribution in [0.3, 0.4) is 0 Å².